The van der Waals surface area contributed by atoms with Crippen LogP contribution in [-0.4, -0.2) is 36.1 Å². The topological polar surface area (TPSA) is 99.4 Å². The van der Waals surface area contributed by atoms with E-state index in [4.69, 9.17) is 15.2 Å². The number of ether oxygens (including phenoxy) is 2. The Morgan fingerprint density at radius 3 is 2.11 bits per heavy atom. The molecule has 1 aromatic rings. The van der Waals surface area contributed by atoms with Gasteiger partial charge in [-0.15, -0.1) is 0 Å². The fourth-order valence-electron chi connectivity index (χ4n) is 1.38. The van der Waals surface area contributed by atoms with Crippen LogP contribution < -0.4 is 20.5 Å². The van der Waals surface area contributed by atoms with Crippen LogP contribution in [0.4, 0.5) is 5.95 Å². The van der Waals surface area contributed by atoms with Crippen LogP contribution in [0.15, 0.2) is 6.07 Å². The number of rotatable bonds is 6. The fourth-order valence-corrected chi connectivity index (χ4v) is 1.38. The van der Waals surface area contributed by atoms with Crippen LogP contribution >= 0.6 is 0 Å². The molecule has 0 aliphatic heterocycles. The van der Waals surface area contributed by atoms with Gasteiger partial charge in [0.1, 0.15) is 6.04 Å². The van der Waals surface area contributed by atoms with Gasteiger partial charge in [0.15, 0.2) is 0 Å². The van der Waals surface area contributed by atoms with Crippen LogP contribution in [0.2, 0.25) is 0 Å². The van der Waals surface area contributed by atoms with E-state index in [9.17, 15) is 4.79 Å². The zero-order valence-electron chi connectivity index (χ0n) is 10.9. The summed E-state index contributed by atoms with van der Waals surface area (Å²) < 4.78 is 10.0. The first-order valence-electron chi connectivity index (χ1n) is 5.50. The largest absolute Gasteiger partial charge is 0.481 e. The van der Waals surface area contributed by atoms with Gasteiger partial charge >= 0.3 is 0 Å². The molecule has 3 N–H and O–H groups in total. The fraction of sp³-hybridized carbons (Fsp3) is 0.545. The first-order chi connectivity index (χ1) is 8.47. The van der Waals surface area contributed by atoms with E-state index in [-0.39, 0.29) is 11.9 Å². The highest BCUT2D eigenvalue weighted by molar-refractivity contribution is 5.82. The number of amides is 1. The summed E-state index contributed by atoms with van der Waals surface area (Å²) in [4.78, 5) is 19.4. The molecule has 0 saturated carbocycles. The van der Waals surface area contributed by atoms with Crippen LogP contribution in [-0.2, 0) is 4.79 Å². The first kappa shape index (κ1) is 14.0. The van der Waals surface area contributed by atoms with E-state index >= 15 is 0 Å². The van der Waals surface area contributed by atoms with Gasteiger partial charge in [0.05, 0.1) is 20.3 Å². The first-order valence-corrected chi connectivity index (χ1v) is 5.50. The van der Waals surface area contributed by atoms with Gasteiger partial charge in [0, 0.05) is 0 Å². The molecule has 0 bridgehead atoms. The van der Waals surface area contributed by atoms with Crippen LogP contribution in [0.3, 0.4) is 0 Å². The number of methoxy groups -OCH3 is 2. The number of primary amides is 1. The minimum atomic E-state index is -0.554. The molecule has 1 amide bonds. The highest BCUT2D eigenvalue weighted by Gasteiger charge is 2.20. The van der Waals surface area contributed by atoms with Crippen LogP contribution in [0, 0.1) is 5.92 Å². The highest BCUT2D eigenvalue weighted by atomic mass is 16.5. The average Bonchev–Trinajstić information content (AvgIpc) is 2.34. The van der Waals surface area contributed by atoms with Gasteiger partial charge in [-0.3, -0.25) is 4.79 Å². The molecule has 1 rings (SSSR count). The number of anilines is 1. The van der Waals surface area contributed by atoms with Crippen molar-refractivity contribution < 1.29 is 14.3 Å². The zero-order chi connectivity index (χ0) is 13.7. The van der Waals surface area contributed by atoms with Gasteiger partial charge in [-0.1, -0.05) is 13.8 Å². The van der Waals surface area contributed by atoms with Crippen molar-refractivity contribution in [3.05, 3.63) is 6.07 Å². The smallest absolute Gasteiger partial charge is 0.240 e. The summed E-state index contributed by atoms with van der Waals surface area (Å²) >= 11 is 0. The standard InChI is InChI=1S/C11H18N4O3/c1-6(2)9(10(12)16)15-11-13-7(17-3)5-8(14-11)18-4/h5-6,9H,1-4H3,(H2,12,16)(H,13,14,15). The molecule has 100 valence electrons. The van der Waals surface area contributed by atoms with Crippen molar-refractivity contribution in [2.24, 2.45) is 11.7 Å². The number of carbonyl (C=O) groups excluding carboxylic acids is 1. The summed E-state index contributed by atoms with van der Waals surface area (Å²) in [6.45, 7) is 3.75. The molecule has 1 aromatic heterocycles. The second-order valence-electron chi connectivity index (χ2n) is 4.04. The highest BCUT2D eigenvalue weighted by Crippen LogP contribution is 2.18. The monoisotopic (exact) mass is 254 g/mol. The van der Waals surface area contributed by atoms with Crippen molar-refractivity contribution in [2.75, 3.05) is 19.5 Å². The molecule has 0 saturated heterocycles. The Morgan fingerprint density at radius 1 is 1.28 bits per heavy atom. The Bertz CT molecular complexity index is 400. The lowest BCUT2D eigenvalue weighted by atomic mass is 10.0. The third kappa shape index (κ3) is 3.47. The number of aromatic nitrogens is 2. The quantitative estimate of drug-likeness (QED) is 0.763. The SMILES string of the molecule is COc1cc(OC)nc(NC(C(N)=O)C(C)C)n1. The number of nitrogens with one attached hydrogen (secondary N) is 1. The maximum atomic E-state index is 11.3. The van der Waals surface area contributed by atoms with Crippen LogP contribution in [0.25, 0.3) is 0 Å². The maximum Gasteiger partial charge on any atom is 0.240 e. The normalized spacial score (nSPS) is 12.1. The Balaban J connectivity index is 2.98. The predicted octanol–water partition coefficient (Wildman–Crippen LogP) is 0.416. The summed E-state index contributed by atoms with van der Waals surface area (Å²) in [6.07, 6.45) is 0. The Morgan fingerprint density at radius 2 is 1.78 bits per heavy atom. The van der Waals surface area contributed by atoms with Crippen molar-refractivity contribution >= 4 is 11.9 Å². The number of hydrogen-bond acceptors (Lipinski definition) is 6. The summed E-state index contributed by atoms with van der Waals surface area (Å²) in [5.41, 5.74) is 5.31. The van der Waals surface area contributed by atoms with Crippen molar-refractivity contribution in [2.45, 2.75) is 19.9 Å². The van der Waals surface area contributed by atoms with E-state index in [1.54, 1.807) is 6.07 Å². The summed E-state index contributed by atoms with van der Waals surface area (Å²) in [7, 11) is 2.97. The van der Waals surface area contributed by atoms with Gasteiger partial charge < -0.3 is 20.5 Å². The van der Waals surface area contributed by atoms with Gasteiger partial charge in [0.2, 0.25) is 23.6 Å². The zero-order valence-corrected chi connectivity index (χ0v) is 10.9. The van der Waals surface area contributed by atoms with Crippen molar-refractivity contribution in [3.63, 3.8) is 0 Å². The number of nitrogens with two attached hydrogens (primary N) is 1. The lowest BCUT2D eigenvalue weighted by Gasteiger charge is -2.19. The lowest BCUT2D eigenvalue weighted by molar-refractivity contribution is -0.119. The molecule has 0 aliphatic rings. The number of carbonyl (C=O) groups is 1. The molecule has 7 nitrogen and oxygen atoms in total. The lowest BCUT2D eigenvalue weighted by Crippen LogP contribution is -2.40. The van der Waals surface area contributed by atoms with Gasteiger partial charge in [-0.25, -0.2) is 0 Å². The number of hydrogen-bond donors (Lipinski definition) is 2. The molecule has 0 aromatic carbocycles. The summed E-state index contributed by atoms with van der Waals surface area (Å²) in [5.74, 6) is 0.482. The molecule has 1 heterocycles. The van der Waals surface area contributed by atoms with Crippen molar-refractivity contribution in [3.8, 4) is 11.8 Å². The maximum absolute atomic E-state index is 11.3. The molecular formula is C11H18N4O3. The van der Waals surface area contributed by atoms with Crippen molar-refractivity contribution in [1.82, 2.24) is 9.97 Å². The molecular weight excluding hydrogens is 236 g/mol. The average molecular weight is 254 g/mol. The Hall–Kier alpha value is -2.05. The Labute approximate surface area is 106 Å². The van der Waals surface area contributed by atoms with E-state index < -0.39 is 11.9 Å². The molecule has 0 radical (unpaired) electrons. The third-order valence-corrected chi connectivity index (χ3v) is 2.36. The number of nitrogens with zero attached hydrogens (tertiary/aromatic N) is 2. The molecule has 0 spiro atoms. The van der Waals surface area contributed by atoms with Crippen LogP contribution in [0.5, 0.6) is 11.8 Å². The van der Waals surface area contributed by atoms with Gasteiger partial charge in [-0.05, 0) is 5.92 Å². The molecule has 1 atom stereocenters. The van der Waals surface area contributed by atoms with E-state index in [1.807, 2.05) is 13.8 Å². The van der Waals surface area contributed by atoms with Gasteiger partial charge in [0.25, 0.3) is 0 Å². The molecule has 1 unspecified atom stereocenters. The van der Waals surface area contributed by atoms with E-state index in [0.29, 0.717) is 11.8 Å². The molecule has 18 heavy (non-hydrogen) atoms. The van der Waals surface area contributed by atoms with E-state index in [1.165, 1.54) is 14.2 Å². The third-order valence-electron chi connectivity index (χ3n) is 2.36. The molecule has 0 fully saturated rings. The summed E-state index contributed by atoms with van der Waals surface area (Å²) in [5, 5.41) is 2.87. The van der Waals surface area contributed by atoms with Crippen LogP contribution in [0.1, 0.15) is 13.8 Å². The molecule has 7 heteroatoms. The second kappa shape index (κ2) is 6.04. The van der Waals surface area contributed by atoms with E-state index in [2.05, 4.69) is 15.3 Å². The summed E-state index contributed by atoms with van der Waals surface area (Å²) in [6, 6.07) is 0.988. The van der Waals surface area contributed by atoms with Crippen molar-refractivity contribution in [1.29, 1.82) is 0 Å². The predicted molar refractivity (Wildman–Crippen MR) is 66.6 cm³/mol. The minimum Gasteiger partial charge on any atom is -0.481 e. The Kier molecular flexibility index (Phi) is 4.70. The molecule has 0 aliphatic carbocycles. The van der Waals surface area contributed by atoms with Gasteiger partial charge in [-0.2, -0.15) is 9.97 Å². The minimum absolute atomic E-state index is 0.0169. The van der Waals surface area contributed by atoms with E-state index in [0.717, 1.165) is 0 Å². The second-order valence-corrected chi connectivity index (χ2v) is 4.04.